The maximum atomic E-state index is 12.4. The number of morpholine rings is 1. The first-order chi connectivity index (χ1) is 10.9. The second-order valence-corrected chi connectivity index (χ2v) is 5.78. The van der Waals surface area contributed by atoms with Crippen LogP contribution in [0, 0.1) is 6.92 Å². The summed E-state index contributed by atoms with van der Waals surface area (Å²) in [6.45, 7) is 5.36. The van der Waals surface area contributed by atoms with Crippen LogP contribution in [-0.4, -0.2) is 56.7 Å². The minimum Gasteiger partial charge on any atom is -0.495 e. The Kier molecular flexibility index (Phi) is 5.85. The number of benzene rings is 1. The molecule has 1 saturated heterocycles. The molecule has 0 radical (unpaired) electrons. The molecule has 6 nitrogen and oxygen atoms in total. The Morgan fingerprint density at radius 1 is 1.35 bits per heavy atom. The number of hydrogen-bond donors (Lipinski definition) is 0. The van der Waals surface area contributed by atoms with Gasteiger partial charge in [0.2, 0.25) is 11.8 Å². The maximum absolute atomic E-state index is 12.4. The quantitative estimate of drug-likeness (QED) is 0.839. The number of carbonyl (C=O) groups is 2. The summed E-state index contributed by atoms with van der Waals surface area (Å²) in [5.41, 5.74) is 1.36. The molecule has 1 aromatic rings. The van der Waals surface area contributed by atoms with Gasteiger partial charge in [0.05, 0.1) is 26.0 Å². The third-order valence-corrected chi connectivity index (χ3v) is 4.20. The van der Waals surface area contributed by atoms with Crippen LogP contribution in [0.2, 0.25) is 5.02 Å². The highest BCUT2D eigenvalue weighted by Gasteiger charge is 2.24. The number of amides is 2. The van der Waals surface area contributed by atoms with Crippen LogP contribution in [0.3, 0.4) is 0 Å². The van der Waals surface area contributed by atoms with Gasteiger partial charge in [0.1, 0.15) is 12.3 Å². The number of hydrogen-bond acceptors (Lipinski definition) is 4. The van der Waals surface area contributed by atoms with Gasteiger partial charge in [0.15, 0.2) is 0 Å². The molecule has 1 aromatic carbocycles. The van der Waals surface area contributed by atoms with Crippen molar-refractivity contribution in [2.45, 2.75) is 13.8 Å². The van der Waals surface area contributed by atoms with Gasteiger partial charge in [-0.2, -0.15) is 0 Å². The molecule has 0 unspecified atom stereocenters. The zero-order valence-electron chi connectivity index (χ0n) is 13.6. The summed E-state index contributed by atoms with van der Waals surface area (Å²) in [5, 5.41) is 0.550. The van der Waals surface area contributed by atoms with Crippen molar-refractivity contribution in [3.8, 4) is 5.75 Å². The molecule has 0 aromatic heterocycles. The molecule has 1 heterocycles. The van der Waals surface area contributed by atoms with Crippen LogP contribution in [0.15, 0.2) is 12.1 Å². The molecule has 1 fully saturated rings. The summed E-state index contributed by atoms with van der Waals surface area (Å²) >= 11 is 6.10. The first-order valence-electron chi connectivity index (χ1n) is 7.41. The minimum absolute atomic E-state index is 0.0350. The first-order valence-corrected chi connectivity index (χ1v) is 7.79. The number of ether oxygens (including phenoxy) is 2. The maximum Gasteiger partial charge on any atom is 0.242 e. The van der Waals surface area contributed by atoms with Crippen LogP contribution in [0.4, 0.5) is 5.69 Å². The van der Waals surface area contributed by atoms with E-state index in [1.165, 1.54) is 18.9 Å². The normalized spacial score (nSPS) is 14.5. The standard InChI is InChI=1S/C16H21ClN2O4/c1-11-8-14(15(22-3)9-13(11)17)19(12(2)20)10-16(21)18-4-6-23-7-5-18/h8-9H,4-7,10H2,1-3H3. The van der Waals surface area contributed by atoms with E-state index in [9.17, 15) is 9.59 Å². The fraction of sp³-hybridized carbons (Fsp3) is 0.500. The van der Waals surface area contributed by atoms with E-state index < -0.39 is 0 Å². The lowest BCUT2D eigenvalue weighted by atomic mass is 10.1. The largest absolute Gasteiger partial charge is 0.495 e. The fourth-order valence-electron chi connectivity index (χ4n) is 2.44. The van der Waals surface area contributed by atoms with E-state index in [1.54, 1.807) is 17.0 Å². The van der Waals surface area contributed by atoms with Crippen molar-refractivity contribution in [3.05, 3.63) is 22.7 Å². The van der Waals surface area contributed by atoms with E-state index >= 15 is 0 Å². The predicted octanol–water partition coefficient (Wildman–Crippen LogP) is 1.87. The molecule has 0 spiro atoms. The Bertz CT molecular complexity index is 600. The number of nitrogens with zero attached hydrogens (tertiary/aromatic N) is 2. The molecule has 1 aliphatic heterocycles. The van der Waals surface area contributed by atoms with Crippen molar-refractivity contribution in [2.24, 2.45) is 0 Å². The number of carbonyl (C=O) groups excluding carboxylic acids is 2. The van der Waals surface area contributed by atoms with Crippen molar-refractivity contribution < 1.29 is 19.1 Å². The Morgan fingerprint density at radius 3 is 2.57 bits per heavy atom. The highest BCUT2D eigenvalue weighted by atomic mass is 35.5. The van der Waals surface area contributed by atoms with Crippen molar-refractivity contribution in [1.29, 1.82) is 0 Å². The number of rotatable bonds is 4. The van der Waals surface area contributed by atoms with E-state index in [1.807, 2.05) is 6.92 Å². The van der Waals surface area contributed by atoms with Gasteiger partial charge in [-0.25, -0.2) is 0 Å². The van der Waals surface area contributed by atoms with Gasteiger partial charge in [-0.15, -0.1) is 0 Å². The van der Waals surface area contributed by atoms with Crippen molar-refractivity contribution in [2.75, 3.05) is 44.9 Å². The van der Waals surface area contributed by atoms with Gasteiger partial charge in [-0.1, -0.05) is 11.6 Å². The monoisotopic (exact) mass is 340 g/mol. The van der Waals surface area contributed by atoms with E-state index in [4.69, 9.17) is 21.1 Å². The average molecular weight is 341 g/mol. The van der Waals surface area contributed by atoms with Crippen molar-refractivity contribution in [3.63, 3.8) is 0 Å². The van der Waals surface area contributed by atoms with Crippen LogP contribution in [0.1, 0.15) is 12.5 Å². The number of anilines is 1. The molecule has 0 aliphatic carbocycles. The van der Waals surface area contributed by atoms with Crippen LogP contribution in [0.5, 0.6) is 5.75 Å². The number of halogens is 1. The summed E-state index contributed by atoms with van der Waals surface area (Å²) < 4.78 is 10.6. The molecule has 0 atom stereocenters. The smallest absolute Gasteiger partial charge is 0.242 e. The minimum atomic E-state index is -0.230. The van der Waals surface area contributed by atoms with Crippen molar-refractivity contribution >= 4 is 29.1 Å². The lowest BCUT2D eigenvalue weighted by Crippen LogP contribution is -2.47. The summed E-state index contributed by atoms with van der Waals surface area (Å²) in [5.74, 6) is 0.121. The molecule has 2 rings (SSSR count). The zero-order valence-corrected chi connectivity index (χ0v) is 14.4. The second-order valence-electron chi connectivity index (χ2n) is 5.37. The van der Waals surface area contributed by atoms with Crippen molar-refractivity contribution in [1.82, 2.24) is 4.90 Å². The van der Waals surface area contributed by atoms with E-state index in [0.717, 1.165) is 5.56 Å². The fourth-order valence-corrected chi connectivity index (χ4v) is 2.59. The molecule has 0 bridgehead atoms. The Morgan fingerprint density at radius 2 is 2.00 bits per heavy atom. The highest BCUT2D eigenvalue weighted by molar-refractivity contribution is 6.31. The van der Waals surface area contributed by atoms with Crippen LogP contribution >= 0.6 is 11.6 Å². The number of aryl methyl sites for hydroxylation is 1. The Balaban J connectivity index is 2.26. The first kappa shape index (κ1) is 17.6. The SMILES string of the molecule is COc1cc(Cl)c(C)cc1N(CC(=O)N1CCOCC1)C(C)=O. The number of methoxy groups -OCH3 is 1. The molecule has 0 saturated carbocycles. The average Bonchev–Trinajstić information content (AvgIpc) is 2.55. The lowest BCUT2D eigenvalue weighted by Gasteiger charge is -2.30. The van der Waals surface area contributed by atoms with E-state index in [-0.39, 0.29) is 18.4 Å². The Labute approximate surface area is 140 Å². The van der Waals surface area contributed by atoms with Gasteiger partial charge in [-0.05, 0) is 18.6 Å². The topological polar surface area (TPSA) is 59.1 Å². The molecule has 0 N–H and O–H groups in total. The van der Waals surface area contributed by atoms with Crippen LogP contribution in [0.25, 0.3) is 0 Å². The van der Waals surface area contributed by atoms with Crippen LogP contribution < -0.4 is 9.64 Å². The van der Waals surface area contributed by atoms with Gasteiger partial charge in [0, 0.05) is 31.1 Å². The van der Waals surface area contributed by atoms with E-state index in [0.29, 0.717) is 42.8 Å². The molecular weight excluding hydrogens is 320 g/mol. The molecule has 2 amide bonds. The van der Waals surface area contributed by atoms with Gasteiger partial charge < -0.3 is 14.4 Å². The van der Waals surface area contributed by atoms with Gasteiger partial charge >= 0.3 is 0 Å². The summed E-state index contributed by atoms with van der Waals surface area (Å²) in [6.07, 6.45) is 0. The van der Waals surface area contributed by atoms with Gasteiger partial charge in [-0.3, -0.25) is 14.5 Å². The third-order valence-electron chi connectivity index (χ3n) is 3.79. The van der Waals surface area contributed by atoms with Gasteiger partial charge in [0.25, 0.3) is 0 Å². The molecular formula is C16H21ClN2O4. The highest BCUT2D eigenvalue weighted by Crippen LogP contribution is 2.34. The van der Waals surface area contributed by atoms with Crippen LogP contribution in [-0.2, 0) is 14.3 Å². The predicted molar refractivity (Wildman–Crippen MR) is 88.2 cm³/mol. The molecule has 7 heteroatoms. The lowest BCUT2D eigenvalue weighted by molar-refractivity contribution is -0.134. The molecule has 1 aliphatic rings. The zero-order chi connectivity index (χ0) is 17.0. The summed E-state index contributed by atoms with van der Waals surface area (Å²) in [6, 6.07) is 3.41. The molecule has 126 valence electrons. The Hall–Kier alpha value is -1.79. The second kappa shape index (κ2) is 7.66. The third kappa shape index (κ3) is 4.14. The molecule has 23 heavy (non-hydrogen) atoms. The summed E-state index contributed by atoms with van der Waals surface area (Å²) in [4.78, 5) is 27.6. The summed E-state index contributed by atoms with van der Waals surface area (Å²) in [7, 11) is 1.51. The van der Waals surface area contributed by atoms with E-state index in [2.05, 4.69) is 0 Å².